The zero-order valence-electron chi connectivity index (χ0n) is 9.17. The van der Waals surface area contributed by atoms with Crippen molar-refractivity contribution in [3.05, 3.63) is 20.3 Å². The van der Waals surface area contributed by atoms with Gasteiger partial charge in [-0.3, -0.25) is 4.79 Å². The van der Waals surface area contributed by atoms with Crippen LogP contribution in [0.15, 0.2) is 11.1 Å². The van der Waals surface area contributed by atoms with E-state index in [9.17, 15) is 4.79 Å². The SMILES string of the molecule is CN(CCCCCBr)c1nc[nH]c(=O)c1I. The van der Waals surface area contributed by atoms with Crippen molar-refractivity contribution >= 4 is 44.3 Å². The monoisotopic (exact) mass is 399 g/mol. The summed E-state index contributed by atoms with van der Waals surface area (Å²) in [6.07, 6.45) is 4.95. The Morgan fingerprint density at radius 3 is 2.94 bits per heavy atom. The second kappa shape index (κ2) is 7.26. The number of halogens is 2. The van der Waals surface area contributed by atoms with E-state index in [2.05, 4.69) is 25.9 Å². The number of aromatic nitrogens is 2. The first-order valence-electron chi connectivity index (χ1n) is 5.17. The first kappa shape index (κ1) is 14.0. The average Bonchev–Trinajstić information content (AvgIpc) is 2.28. The van der Waals surface area contributed by atoms with Gasteiger partial charge >= 0.3 is 0 Å². The molecule has 16 heavy (non-hydrogen) atoms. The van der Waals surface area contributed by atoms with E-state index < -0.39 is 0 Å². The van der Waals surface area contributed by atoms with E-state index in [0.717, 1.165) is 24.1 Å². The molecule has 0 aliphatic rings. The Morgan fingerprint density at radius 1 is 1.50 bits per heavy atom. The third kappa shape index (κ3) is 4.04. The Hall–Kier alpha value is -0.110. The van der Waals surface area contributed by atoms with Gasteiger partial charge in [0.05, 0.1) is 6.33 Å². The van der Waals surface area contributed by atoms with Gasteiger partial charge in [-0.15, -0.1) is 0 Å². The summed E-state index contributed by atoms with van der Waals surface area (Å²) in [7, 11) is 1.97. The molecular formula is C10H15BrIN3O. The standard InChI is InChI=1S/C10H15BrIN3O/c1-15(6-4-2-3-5-11)9-8(12)10(16)14-7-13-9/h7H,2-6H2,1H3,(H,13,14,16). The number of anilines is 1. The van der Waals surface area contributed by atoms with Gasteiger partial charge < -0.3 is 9.88 Å². The van der Waals surface area contributed by atoms with Crippen LogP contribution in [0.2, 0.25) is 0 Å². The Bertz CT molecular complexity index is 383. The minimum atomic E-state index is -0.0714. The number of rotatable bonds is 6. The van der Waals surface area contributed by atoms with Gasteiger partial charge in [0.25, 0.3) is 5.56 Å². The Morgan fingerprint density at radius 2 is 2.25 bits per heavy atom. The van der Waals surface area contributed by atoms with Crippen molar-refractivity contribution < 1.29 is 0 Å². The van der Waals surface area contributed by atoms with Crippen LogP contribution >= 0.6 is 38.5 Å². The summed E-state index contributed by atoms with van der Waals surface area (Å²) < 4.78 is 0.656. The zero-order chi connectivity index (χ0) is 12.0. The molecule has 0 unspecified atom stereocenters. The highest BCUT2D eigenvalue weighted by molar-refractivity contribution is 14.1. The third-order valence-electron chi connectivity index (χ3n) is 2.27. The number of H-pyrrole nitrogens is 1. The average molecular weight is 400 g/mol. The molecule has 0 radical (unpaired) electrons. The molecule has 1 aromatic rings. The maximum atomic E-state index is 11.4. The molecule has 0 aromatic carbocycles. The molecule has 1 heterocycles. The number of unbranched alkanes of at least 4 members (excludes halogenated alkanes) is 2. The number of alkyl halides is 1. The predicted octanol–water partition coefficient (Wildman–Crippen LogP) is 2.38. The fourth-order valence-electron chi connectivity index (χ4n) is 1.37. The van der Waals surface area contributed by atoms with Crippen LogP contribution in [-0.4, -0.2) is 28.9 Å². The Labute approximate surface area is 117 Å². The molecule has 0 spiro atoms. The molecule has 0 amide bonds. The molecule has 0 saturated heterocycles. The van der Waals surface area contributed by atoms with E-state index in [1.807, 2.05) is 34.5 Å². The molecule has 1 aromatic heterocycles. The van der Waals surface area contributed by atoms with Crippen LogP contribution in [0.4, 0.5) is 5.82 Å². The van der Waals surface area contributed by atoms with E-state index in [0.29, 0.717) is 3.57 Å². The van der Waals surface area contributed by atoms with Crippen LogP contribution in [0.3, 0.4) is 0 Å². The van der Waals surface area contributed by atoms with E-state index in [-0.39, 0.29) is 5.56 Å². The summed E-state index contributed by atoms with van der Waals surface area (Å²) in [5.41, 5.74) is -0.0714. The largest absolute Gasteiger partial charge is 0.359 e. The topological polar surface area (TPSA) is 49.0 Å². The highest BCUT2D eigenvalue weighted by Crippen LogP contribution is 2.14. The molecule has 90 valence electrons. The van der Waals surface area contributed by atoms with Crippen LogP contribution in [-0.2, 0) is 0 Å². The van der Waals surface area contributed by atoms with Crippen molar-refractivity contribution in [3.8, 4) is 0 Å². The third-order valence-corrected chi connectivity index (χ3v) is 3.80. The number of nitrogens with zero attached hydrogens (tertiary/aromatic N) is 2. The van der Waals surface area contributed by atoms with Crippen LogP contribution < -0.4 is 10.5 Å². The van der Waals surface area contributed by atoms with Crippen molar-refractivity contribution in [2.45, 2.75) is 19.3 Å². The number of hydrogen-bond acceptors (Lipinski definition) is 3. The lowest BCUT2D eigenvalue weighted by molar-refractivity contribution is 0.705. The number of nitrogens with one attached hydrogen (secondary N) is 1. The highest BCUT2D eigenvalue weighted by Gasteiger charge is 2.09. The Kier molecular flexibility index (Phi) is 6.33. The van der Waals surface area contributed by atoms with Gasteiger partial charge in [-0.25, -0.2) is 4.98 Å². The van der Waals surface area contributed by atoms with Crippen molar-refractivity contribution in [2.24, 2.45) is 0 Å². The van der Waals surface area contributed by atoms with Crippen molar-refractivity contribution in [2.75, 3.05) is 23.8 Å². The van der Waals surface area contributed by atoms with Gasteiger partial charge in [-0.1, -0.05) is 22.4 Å². The maximum absolute atomic E-state index is 11.4. The number of aromatic amines is 1. The van der Waals surface area contributed by atoms with Gasteiger partial charge in [-0.05, 0) is 35.4 Å². The molecule has 0 fully saturated rings. The second-order valence-electron chi connectivity index (χ2n) is 3.54. The molecular weight excluding hydrogens is 385 g/mol. The highest BCUT2D eigenvalue weighted by atomic mass is 127. The molecule has 0 aliphatic carbocycles. The molecule has 0 bridgehead atoms. The summed E-state index contributed by atoms with van der Waals surface area (Å²) in [5.74, 6) is 0.767. The molecule has 1 rings (SSSR count). The quantitative estimate of drug-likeness (QED) is 0.454. The fraction of sp³-hybridized carbons (Fsp3) is 0.600. The molecule has 4 nitrogen and oxygen atoms in total. The van der Waals surface area contributed by atoms with Crippen LogP contribution in [0, 0.1) is 3.57 Å². The molecule has 6 heteroatoms. The van der Waals surface area contributed by atoms with E-state index in [1.54, 1.807) is 0 Å². The minimum Gasteiger partial charge on any atom is -0.359 e. The van der Waals surface area contributed by atoms with Gasteiger partial charge in [0.15, 0.2) is 0 Å². The first-order valence-corrected chi connectivity index (χ1v) is 7.37. The van der Waals surface area contributed by atoms with E-state index in [1.165, 1.54) is 19.2 Å². The van der Waals surface area contributed by atoms with Crippen molar-refractivity contribution in [1.29, 1.82) is 0 Å². The maximum Gasteiger partial charge on any atom is 0.266 e. The van der Waals surface area contributed by atoms with Crippen LogP contribution in [0.25, 0.3) is 0 Å². The fourth-order valence-corrected chi connectivity index (χ4v) is 2.47. The lowest BCUT2D eigenvalue weighted by atomic mass is 10.2. The van der Waals surface area contributed by atoms with Crippen molar-refractivity contribution in [3.63, 3.8) is 0 Å². The smallest absolute Gasteiger partial charge is 0.266 e. The summed E-state index contributed by atoms with van der Waals surface area (Å²) in [6, 6.07) is 0. The Balaban J connectivity index is 2.56. The summed E-state index contributed by atoms with van der Waals surface area (Å²) in [5, 5.41) is 1.05. The summed E-state index contributed by atoms with van der Waals surface area (Å²) in [6.45, 7) is 0.930. The lowest BCUT2D eigenvalue weighted by Crippen LogP contribution is -2.24. The van der Waals surface area contributed by atoms with E-state index >= 15 is 0 Å². The molecule has 0 aliphatic heterocycles. The normalized spacial score (nSPS) is 10.4. The lowest BCUT2D eigenvalue weighted by Gasteiger charge is -2.18. The van der Waals surface area contributed by atoms with Gasteiger partial charge in [0.1, 0.15) is 9.39 Å². The van der Waals surface area contributed by atoms with Gasteiger partial charge in [-0.2, -0.15) is 0 Å². The molecule has 1 N–H and O–H groups in total. The number of hydrogen-bond donors (Lipinski definition) is 1. The predicted molar refractivity (Wildman–Crippen MR) is 78.5 cm³/mol. The van der Waals surface area contributed by atoms with E-state index in [4.69, 9.17) is 0 Å². The van der Waals surface area contributed by atoms with Gasteiger partial charge in [0, 0.05) is 18.9 Å². The summed E-state index contributed by atoms with van der Waals surface area (Å²) in [4.78, 5) is 20.2. The summed E-state index contributed by atoms with van der Waals surface area (Å²) >= 11 is 5.44. The van der Waals surface area contributed by atoms with Crippen LogP contribution in [0.5, 0.6) is 0 Å². The molecule has 0 saturated carbocycles. The van der Waals surface area contributed by atoms with Gasteiger partial charge in [0.2, 0.25) is 0 Å². The first-order chi connectivity index (χ1) is 7.66. The zero-order valence-corrected chi connectivity index (χ0v) is 12.9. The molecule has 0 atom stereocenters. The van der Waals surface area contributed by atoms with Crippen LogP contribution in [0.1, 0.15) is 19.3 Å². The minimum absolute atomic E-state index is 0.0714. The second-order valence-corrected chi connectivity index (χ2v) is 5.41. The van der Waals surface area contributed by atoms with Crippen molar-refractivity contribution in [1.82, 2.24) is 9.97 Å².